The molecule has 0 bridgehead atoms. The van der Waals surface area contributed by atoms with E-state index >= 15 is 0 Å². The average molecular weight is 207 g/mol. The van der Waals surface area contributed by atoms with Crippen LogP contribution in [0.15, 0.2) is 6.33 Å². The first-order valence-corrected chi connectivity index (χ1v) is 5.44. The van der Waals surface area contributed by atoms with Gasteiger partial charge in [-0.1, -0.05) is 12.8 Å². The molecule has 82 valence electrons. The summed E-state index contributed by atoms with van der Waals surface area (Å²) in [5.41, 5.74) is 7.81. The second-order valence-corrected chi connectivity index (χ2v) is 3.93. The Bertz CT molecular complexity index is 335. The second kappa shape index (κ2) is 4.57. The topological polar surface area (TPSA) is 61.0 Å². The molecule has 0 atom stereocenters. The minimum absolute atomic E-state index is 0.454. The summed E-state index contributed by atoms with van der Waals surface area (Å²) in [4.78, 5) is 8.46. The molecule has 1 aliphatic rings. The van der Waals surface area contributed by atoms with Crippen molar-refractivity contribution in [3.05, 3.63) is 17.6 Å². The molecule has 1 saturated carbocycles. The van der Waals surface area contributed by atoms with Crippen LogP contribution in [-0.4, -0.2) is 17.1 Å². The maximum atomic E-state index is 5.73. The first kappa shape index (κ1) is 10.4. The zero-order valence-corrected chi connectivity index (χ0v) is 9.07. The van der Waals surface area contributed by atoms with Gasteiger partial charge in [0.1, 0.15) is 6.33 Å². The van der Waals surface area contributed by atoms with Crippen molar-refractivity contribution in [1.82, 2.24) is 9.97 Å². The fourth-order valence-electron chi connectivity index (χ4n) is 2.33. The van der Waals surface area contributed by atoms with Gasteiger partial charge in [-0.05, 0) is 12.8 Å². The number of rotatable bonds is 3. The van der Waals surface area contributed by atoms with E-state index < -0.39 is 0 Å². The predicted octanol–water partition coefficient (Wildman–Crippen LogP) is 1.60. The lowest BCUT2D eigenvalue weighted by molar-refractivity contribution is 0.389. The van der Waals surface area contributed by atoms with Crippen LogP contribution in [0.3, 0.4) is 0 Å². The van der Waals surface area contributed by atoms with Gasteiger partial charge in [-0.15, -0.1) is 0 Å². The lowest BCUT2D eigenvalue weighted by Crippen LogP contribution is -2.10. The van der Waals surface area contributed by atoms with Crippen molar-refractivity contribution in [2.45, 2.75) is 38.1 Å². The van der Waals surface area contributed by atoms with E-state index in [1.165, 1.54) is 25.7 Å². The van der Waals surface area contributed by atoms with Gasteiger partial charge in [0.15, 0.2) is 0 Å². The van der Waals surface area contributed by atoms with Crippen molar-refractivity contribution in [1.29, 1.82) is 0 Å². The molecule has 2 rings (SSSR count). The molecule has 4 nitrogen and oxygen atoms in total. The Labute approximate surface area is 89.9 Å². The highest BCUT2D eigenvalue weighted by Crippen LogP contribution is 2.36. The maximum absolute atomic E-state index is 5.73. The van der Waals surface area contributed by atoms with Crippen LogP contribution in [0.4, 0.5) is 0 Å². The van der Waals surface area contributed by atoms with Crippen LogP contribution < -0.4 is 10.5 Å². The van der Waals surface area contributed by atoms with Crippen molar-refractivity contribution in [3.8, 4) is 5.88 Å². The molecule has 1 fully saturated rings. The van der Waals surface area contributed by atoms with Crippen LogP contribution in [0.1, 0.15) is 42.9 Å². The summed E-state index contributed by atoms with van der Waals surface area (Å²) in [5.74, 6) is 1.19. The number of aromatic nitrogens is 2. The van der Waals surface area contributed by atoms with E-state index in [2.05, 4.69) is 9.97 Å². The van der Waals surface area contributed by atoms with Gasteiger partial charge >= 0.3 is 0 Å². The van der Waals surface area contributed by atoms with Crippen molar-refractivity contribution in [2.24, 2.45) is 5.73 Å². The number of nitrogens with two attached hydrogens (primary N) is 1. The summed E-state index contributed by atoms with van der Waals surface area (Å²) < 4.78 is 5.21. The van der Waals surface area contributed by atoms with Crippen LogP contribution in [0.2, 0.25) is 0 Å². The molecule has 0 radical (unpaired) electrons. The van der Waals surface area contributed by atoms with Gasteiger partial charge in [-0.3, -0.25) is 0 Å². The summed E-state index contributed by atoms with van der Waals surface area (Å²) in [5, 5.41) is 0. The van der Waals surface area contributed by atoms with Gasteiger partial charge in [0, 0.05) is 18.0 Å². The Kier molecular flexibility index (Phi) is 3.16. The van der Waals surface area contributed by atoms with E-state index in [1.807, 2.05) is 0 Å². The van der Waals surface area contributed by atoms with Crippen molar-refractivity contribution in [3.63, 3.8) is 0 Å². The lowest BCUT2D eigenvalue weighted by atomic mass is 9.99. The SMILES string of the molecule is COc1ncnc(C2CCCC2)c1CN. The fourth-order valence-corrected chi connectivity index (χ4v) is 2.33. The Morgan fingerprint density at radius 1 is 1.40 bits per heavy atom. The zero-order chi connectivity index (χ0) is 10.7. The van der Waals surface area contributed by atoms with Crippen molar-refractivity contribution < 1.29 is 4.74 Å². The van der Waals surface area contributed by atoms with Gasteiger partial charge in [0.25, 0.3) is 0 Å². The molecular weight excluding hydrogens is 190 g/mol. The van der Waals surface area contributed by atoms with Crippen LogP contribution in [0.25, 0.3) is 0 Å². The summed E-state index contributed by atoms with van der Waals surface area (Å²) in [6.45, 7) is 0.454. The third-order valence-electron chi connectivity index (χ3n) is 3.08. The average Bonchev–Trinajstić information content (AvgIpc) is 2.81. The van der Waals surface area contributed by atoms with E-state index in [0.717, 1.165) is 11.3 Å². The molecule has 2 N–H and O–H groups in total. The predicted molar refractivity (Wildman–Crippen MR) is 57.7 cm³/mol. The van der Waals surface area contributed by atoms with Gasteiger partial charge in [-0.25, -0.2) is 9.97 Å². The Hall–Kier alpha value is -1.16. The second-order valence-electron chi connectivity index (χ2n) is 3.93. The van der Waals surface area contributed by atoms with Gasteiger partial charge in [0.05, 0.1) is 12.8 Å². The minimum Gasteiger partial charge on any atom is -0.481 e. The molecule has 0 unspecified atom stereocenters. The molecule has 15 heavy (non-hydrogen) atoms. The highest BCUT2D eigenvalue weighted by molar-refractivity contribution is 5.32. The van der Waals surface area contributed by atoms with E-state index in [-0.39, 0.29) is 0 Å². The highest BCUT2D eigenvalue weighted by Gasteiger charge is 2.23. The molecule has 0 aromatic carbocycles. The highest BCUT2D eigenvalue weighted by atomic mass is 16.5. The molecule has 1 aliphatic carbocycles. The molecule has 0 aliphatic heterocycles. The number of ether oxygens (including phenoxy) is 1. The standard InChI is InChI=1S/C11H17N3O/c1-15-11-9(6-12)10(13-7-14-11)8-4-2-3-5-8/h7-8H,2-6,12H2,1H3. The molecule has 4 heteroatoms. The lowest BCUT2D eigenvalue weighted by Gasteiger charge is -2.14. The molecule has 0 spiro atoms. The number of hydrogen-bond acceptors (Lipinski definition) is 4. The van der Waals surface area contributed by atoms with Gasteiger partial charge in [-0.2, -0.15) is 0 Å². The van der Waals surface area contributed by atoms with E-state index in [4.69, 9.17) is 10.5 Å². The largest absolute Gasteiger partial charge is 0.481 e. The molecule has 0 saturated heterocycles. The number of hydrogen-bond donors (Lipinski definition) is 1. The third kappa shape index (κ3) is 1.95. The Balaban J connectivity index is 2.36. The van der Waals surface area contributed by atoms with E-state index in [1.54, 1.807) is 13.4 Å². The minimum atomic E-state index is 0.454. The smallest absolute Gasteiger partial charge is 0.220 e. The molecule has 1 aromatic heterocycles. The van der Waals surface area contributed by atoms with Crippen molar-refractivity contribution in [2.75, 3.05) is 7.11 Å². The fraction of sp³-hybridized carbons (Fsp3) is 0.636. The molecule has 0 amide bonds. The monoisotopic (exact) mass is 207 g/mol. The quantitative estimate of drug-likeness (QED) is 0.817. The van der Waals surface area contributed by atoms with E-state index in [0.29, 0.717) is 18.3 Å². The summed E-state index contributed by atoms with van der Waals surface area (Å²) in [6, 6.07) is 0. The third-order valence-corrected chi connectivity index (χ3v) is 3.08. The molecular formula is C11H17N3O. The Morgan fingerprint density at radius 3 is 2.73 bits per heavy atom. The normalized spacial score (nSPS) is 16.9. The van der Waals surface area contributed by atoms with Gasteiger partial charge in [0.2, 0.25) is 5.88 Å². The van der Waals surface area contributed by atoms with Crippen LogP contribution in [0, 0.1) is 0 Å². The van der Waals surface area contributed by atoms with Crippen LogP contribution in [-0.2, 0) is 6.54 Å². The number of methoxy groups -OCH3 is 1. The number of nitrogens with zero attached hydrogens (tertiary/aromatic N) is 2. The van der Waals surface area contributed by atoms with Crippen molar-refractivity contribution >= 4 is 0 Å². The summed E-state index contributed by atoms with van der Waals surface area (Å²) >= 11 is 0. The first-order valence-electron chi connectivity index (χ1n) is 5.44. The van der Waals surface area contributed by atoms with Gasteiger partial charge < -0.3 is 10.5 Å². The first-order chi connectivity index (χ1) is 7.36. The summed E-state index contributed by atoms with van der Waals surface area (Å²) in [7, 11) is 1.62. The maximum Gasteiger partial charge on any atom is 0.220 e. The van der Waals surface area contributed by atoms with E-state index in [9.17, 15) is 0 Å². The van der Waals surface area contributed by atoms with Crippen LogP contribution in [0.5, 0.6) is 5.88 Å². The Morgan fingerprint density at radius 2 is 2.13 bits per heavy atom. The summed E-state index contributed by atoms with van der Waals surface area (Å²) in [6.07, 6.45) is 6.59. The molecule has 1 aromatic rings. The molecule has 1 heterocycles. The zero-order valence-electron chi connectivity index (χ0n) is 9.07. The van der Waals surface area contributed by atoms with Crippen LogP contribution >= 0.6 is 0 Å².